The number of nitrogens with zero attached hydrogens (tertiary/aromatic N) is 4. The smallest absolute Gasteiger partial charge is 0.342 e. The van der Waals surface area contributed by atoms with E-state index in [1.165, 1.54) is 33.1 Å². The van der Waals surface area contributed by atoms with Crippen molar-refractivity contribution in [2.45, 2.75) is 6.61 Å². The van der Waals surface area contributed by atoms with Gasteiger partial charge in [0.25, 0.3) is 5.56 Å². The summed E-state index contributed by atoms with van der Waals surface area (Å²) in [6, 6.07) is 14.7. The van der Waals surface area contributed by atoms with Crippen molar-refractivity contribution in [3.63, 3.8) is 0 Å². The van der Waals surface area contributed by atoms with Crippen LogP contribution in [0.3, 0.4) is 0 Å². The zero-order valence-electron chi connectivity index (χ0n) is 15.5. The quantitative estimate of drug-likeness (QED) is 0.390. The fourth-order valence-corrected chi connectivity index (χ4v) is 4.47. The zero-order valence-corrected chi connectivity index (χ0v) is 17.1. The number of para-hydroxylation sites is 1. The highest BCUT2D eigenvalue weighted by Crippen LogP contribution is 2.28. The average Bonchev–Trinajstić information content (AvgIpc) is 3.52. The van der Waals surface area contributed by atoms with Gasteiger partial charge in [-0.25, -0.2) is 14.5 Å². The average molecular weight is 435 g/mol. The normalized spacial score (nSPS) is 11.1. The number of benzene rings is 1. The second kappa shape index (κ2) is 7.69. The third kappa shape index (κ3) is 3.44. The van der Waals surface area contributed by atoms with Gasteiger partial charge in [-0.05, 0) is 23.6 Å². The maximum Gasteiger partial charge on any atom is 0.342 e. The molecule has 0 unspecified atom stereocenters. The molecule has 0 N–H and O–H groups in total. The second-order valence-corrected chi connectivity index (χ2v) is 8.19. The van der Waals surface area contributed by atoms with Gasteiger partial charge in [0, 0.05) is 23.8 Å². The minimum atomic E-state index is -0.520. The Bertz CT molecular complexity index is 1380. The number of aromatic nitrogens is 4. The van der Waals surface area contributed by atoms with Crippen LogP contribution in [0.5, 0.6) is 0 Å². The molecular formula is C21H14N4O3S2. The first kappa shape index (κ1) is 18.5. The van der Waals surface area contributed by atoms with E-state index in [1.807, 2.05) is 47.8 Å². The highest BCUT2D eigenvalue weighted by molar-refractivity contribution is 7.15. The molecule has 0 aliphatic rings. The third-order valence-corrected chi connectivity index (χ3v) is 6.05. The monoisotopic (exact) mass is 434 g/mol. The van der Waals surface area contributed by atoms with Crippen molar-refractivity contribution in [2.75, 3.05) is 0 Å². The summed E-state index contributed by atoms with van der Waals surface area (Å²) in [6.45, 7) is -0.0944. The van der Waals surface area contributed by atoms with Crippen LogP contribution in [-0.4, -0.2) is 25.1 Å². The lowest BCUT2D eigenvalue weighted by atomic mass is 10.2. The molecule has 0 spiro atoms. The van der Waals surface area contributed by atoms with Gasteiger partial charge < -0.3 is 4.74 Å². The van der Waals surface area contributed by atoms with Gasteiger partial charge in [0.2, 0.25) is 0 Å². The molecule has 4 heterocycles. The molecule has 0 fully saturated rings. The molecule has 1 aromatic carbocycles. The molecule has 0 saturated carbocycles. The van der Waals surface area contributed by atoms with E-state index in [9.17, 15) is 9.59 Å². The number of esters is 1. The fourth-order valence-electron chi connectivity index (χ4n) is 3.01. The summed E-state index contributed by atoms with van der Waals surface area (Å²) in [4.78, 5) is 30.8. The highest BCUT2D eigenvalue weighted by atomic mass is 32.1. The molecule has 0 radical (unpaired) electrons. The largest absolute Gasteiger partial charge is 0.455 e. The topological polar surface area (TPSA) is 78.5 Å². The Balaban J connectivity index is 1.45. The zero-order chi connectivity index (χ0) is 20.5. The van der Waals surface area contributed by atoms with E-state index in [0.29, 0.717) is 21.9 Å². The molecule has 9 heteroatoms. The van der Waals surface area contributed by atoms with Gasteiger partial charge in [0.1, 0.15) is 17.9 Å². The summed E-state index contributed by atoms with van der Waals surface area (Å²) < 4.78 is 8.60. The van der Waals surface area contributed by atoms with Gasteiger partial charge in [-0.2, -0.15) is 5.10 Å². The molecule has 148 valence electrons. The first-order valence-electron chi connectivity index (χ1n) is 9.01. The van der Waals surface area contributed by atoms with E-state index in [-0.39, 0.29) is 12.2 Å². The van der Waals surface area contributed by atoms with Crippen LogP contribution >= 0.6 is 22.7 Å². The van der Waals surface area contributed by atoms with Gasteiger partial charge in [0.15, 0.2) is 4.96 Å². The Kier molecular flexibility index (Phi) is 4.74. The van der Waals surface area contributed by atoms with Gasteiger partial charge in [-0.15, -0.1) is 22.7 Å². The number of hydrogen-bond donors (Lipinski definition) is 0. The number of hydrogen-bond acceptors (Lipinski definition) is 7. The molecule has 0 aliphatic heterocycles. The summed E-state index contributed by atoms with van der Waals surface area (Å²) in [5.74, 6) is -0.520. The van der Waals surface area contributed by atoms with Gasteiger partial charge in [-0.1, -0.05) is 24.3 Å². The van der Waals surface area contributed by atoms with Crippen LogP contribution in [0.25, 0.3) is 21.2 Å². The summed E-state index contributed by atoms with van der Waals surface area (Å²) >= 11 is 2.84. The Morgan fingerprint density at radius 1 is 1.07 bits per heavy atom. The maximum atomic E-state index is 12.9. The van der Waals surface area contributed by atoms with Gasteiger partial charge in [-0.3, -0.25) is 9.20 Å². The van der Waals surface area contributed by atoms with Gasteiger partial charge >= 0.3 is 5.97 Å². The van der Waals surface area contributed by atoms with Crippen LogP contribution in [0.15, 0.2) is 76.5 Å². The van der Waals surface area contributed by atoms with Crippen LogP contribution in [0, 0.1) is 0 Å². The number of carbonyl (C=O) groups excluding carboxylic acids is 1. The molecule has 30 heavy (non-hydrogen) atoms. The van der Waals surface area contributed by atoms with Crippen LogP contribution in [-0.2, 0) is 11.3 Å². The molecule has 5 aromatic rings. The first-order chi connectivity index (χ1) is 14.7. The Hall–Kier alpha value is -3.56. The van der Waals surface area contributed by atoms with E-state index in [1.54, 1.807) is 22.5 Å². The lowest BCUT2D eigenvalue weighted by Gasteiger charge is -2.04. The molecular weight excluding hydrogens is 420 g/mol. The predicted octanol–water partition coefficient (Wildman–Crippen LogP) is 4.03. The summed E-state index contributed by atoms with van der Waals surface area (Å²) in [5, 5.41) is 8.32. The lowest BCUT2D eigenvalue weighted by Crippen LogP contribution is -2.14. The van der Waals surface area contributed by atoms with Crippen LogP contribution in [0.1, 0.15) is 16.1 Å². The van der Waals surface area contributed by atoms with E-state index in [4.69, 9.17) is 4.74 Å². The van der Waals surface area contributed by atoms with Crippen molar-refractivity contribution in [3.05, 3.63) is 93.3 Å². The predicted molar refractivity (Wildman–Crippen MR) is 115 cm³/mol. The lowest BCUT2D eigenvalue weighted by molar-refractivity contribution is 0.0468. The van der Waals surface area contributed by atoms with Crippen molar-refractivity contribution in [3.8, 4) is 16.3 Å². The molecule has 0 bridgehead atoms. The molecule has 0 atom stereocenters. The van der Waals surface area contributed by atoms with Crippen LogP contribution < -0.4 is 5.56 Å². The number of rotatable bonds is 5. The number of fused-ring (bicyclic) bond motifs is 1. The van der Waals surface area contributed by atoms with Crippen molar-refractivity contribution in [2.24, 2.45) is 0 Å². The van der Waals surface area contributed by atoms with E-state index >= 15 is 0 Å². The number of thiazole rings is 1. The standard InChI is InChI=1S/C21H14N4O3S2/c26-18-11-14(22-21-24(18)8-10-30-21)13-28-20(27)16-12-25(15-5-2-1-3-6-15)23-19(16)17-7-4-9-29-17/h1-12H,13H2. The Morgan fingerprint density at radius 3 is 2.73 bits per heavy atom. The fraction of sp³-hybridized carbons (Fsp3) is 0.0476. The summed E-state index contributed by atoms with van der Waals surface area (Å²) in [5.41, 5.74) is 1.95. The molecule has 5 rings (SSSR count). The number of thiophene rings is 1. The van der Waals surface area contributed by atoms with E-state index in [2.05, 4.69) is 10.1 Å². The Morgan fingerprint density at radius 2 is 1.93 bits per heavy atom. The van der Waals surface area contributed by atoms with Gasteiger partial charge in [0.05, 0.1) is 16.3 Å². The highest BCUT2D eigenvalue weighted by Gasteiger charge is 2.21. The van der Waals surface area contributed by atoms with E-state index in [0.717, 1.165) is 10.6 Å². The maximum absolute atomic E-state index is 12.9. The van der Waals surface area contributed by atoms with Crippen LogP contribution in [0.2, 0.25) is 0 Å². The van der Waals surface area contributed by atoms with Crippen LogP contribution in [0.4, 0.5) is 0 Å². The number of ether oxygens (including phenoxy) is 1. The van der Waals surface area contributed by atoms with Crippen molar-refractivity contribution in [1.29, 1.82) is 0 Å². The van der Waals surface area contributed by atoms with Crippen molar-refractivity contribution < 1.29 is 9.53 Å². The summed E-state index contributed by atoms with van der Waals surface area (Å²) in [7, 11) is 0. The van der Waals surface area contributed by atoms with Crippen molar-refractivity contribution in [1.82, 2.24) is 19.2 Å². The SMILES string of the molecule is O=C(OCc1cc(=O)n2ccsc2n1)c1cn(-c2ccccc2)nc1-c1cccs1. The molecule has 0 aliphatic carbocycles. The minimum Gasteiger partial charge on any atom is -0.455 e. The molecule has 0 amide bonds. The molecule has 7 nitrogen and oxygen atoms in total. The van der Waals surface area contributed by atoms with E-state index < -0.39 is 5.97 Å². The molecule has 4 aromatic heterocycles. The summed E-state index contributed by atoms with van der Waals surface area (Å²) in [6.07, 6.45) is 3.33. The molecule has 0 saturated heterocycles. The Labute approximate surface area is 178 Å². The second-order valence-electron chi connectivity index (χ2n) is 6.37. The third-order valence-electron chi connectivity index (χ3n) is 4.42. The number of carbonyl (C=O) groups is 1. The van der Waals surface area contributed by atoms with Crippen molar-refractivity contribution >= 4 is 33.6 Å². The first-order valence-corrected chi connectivity index (χ1v) is 10.8. The minimum absolute atomic E-state index is 0.0944.